The van der Waals surface area contributed by atoms with Gasteiger partial charge < -0.3 is 5.73 Å². The normalized spacial score (nSPS) is 11.2. The number of hydrogen-bond acceptors (Lipinski definition) is 4. The first-order chi connectivity index (χ1) is 9.49. The standard InChI is InChI=1S/C13H13N3O2S2/c14-13(19)11-4-1-3-10(7-11)8-16-20(17,18)12-5-2-6-15-9-12/h1-7,9,16H,8H2,(H2,14,19). The second kappa shape index (κ2) is 6.08. The van der Waals surface area contributed by atoms with Crippen LogP contribution in [0.3, 0.4) is 0 Å². The third-order valence-corrected chi connectivity index (χ3v) is 4.24. The Morgan fingerprint density at radius 1 is 1.30 bits per heavy atom. The summed E-state index contributed by atoms with van der Waals surface area (Å²) in [5, 5.41) is 0. The van der Waals surface area contributed by atoms with Crippen molar-refractivity contribution in [3.05, 3.63) is 59.9 Å². The summed E-state index contributed by atoms with van der Waals surface area (Å²) in [5.41, 5.74) is 7.03. The van der Waals surface area contributed by atoms with Crippen LogP contribution in [0, 0.1) is 0 Å². The molecule has 0 aliphatic rings. The molecule has 1 aromatic carbocycles. The van der Waals surface area contributed by atoms with Crippen LogP contribution in [0.25, 0.3) is 0 Å². The molecule has 7 heteroatoms. The topological polar surface area (TPSA) is 85.1 Å². The minimum atomic E-state index is -3.57. The monoisotopic (exact) mass is 307 g/mol. The predicted molar refractivity (Wildman–Crippen MR) is 80.6 cm³/mol. The average Bonchev–Trinajstić information content (AvgIpc) is 2.46. The Morgan fingerprint density at radius 3 is 2.75 bits per heavy atom. The van der Waals surface area contributed by atoms with Crippen LogP contribution < -0.4 is 10.5 Å². The number of rotatable bonds is 5. The van der Waals surface area contributed by atoms with E-state index in [1.807, 2.05) is 0 Å². The van der Waals surface area contributed by atoms with E-state index in [1.54, 1.807) is 30.3 Å². The maximum absolute atomic E-state index is 12.0. The number of sulfonamides is 1. The van der Waals surface area contributed by atoms with E-state index in [0.717, 1.165) is 5.56 Å². The number of hydrogen-bond donors (Lipinski definition) is 2. The van der Waals surface area contributed by atoms with E-state index in [0.29, 0.717) is 5.56 Å². The lowest BCUT2D eigenvalue weighted by molar-refractivity contribution is 0.581. The van der Waals surface area contributed by atoms with Crippen LogP contribution in [0.5, 0.6) is 0 Å². The van der Waals surface area contributed by atoms with Gasteiger partial charge in [0.1, 0.15) is 9.88 Å². The number of aromatic nitrogens is 1. The molecule has 0 amide bonds. The van der Waals surface area contributed by atoms with Gasteiger partial charge in [-0.25, -0.2) is 13.1 Å². The van der Waals surface area contributed by atoms with Crippen molar-refractivity contribution in [1.29, 1.82) is 0 Å². The number of thiocarbonyl (C=S) groups is 1. The highest BCUT2D eigenvalue weighted by Crippen LogP contribution is 2.09. The van der Waals surface area contributed by atoms with Crippen molar-refractivity contribution in [2.75, 3.05) is 0 Å². The summed E-state index contributed by atoms with van der Waals surface area (Å²) >= 11 is 4.89. The van der Waals surface area contributed by atoms with Crippen LogP contribution in [-0.2, 0) is 16.6 Å². The highest BCUT2D eigenvalue weighted by atomic mass is 32.2. The van der Waals surface area contributed by atoms with Crippen LogP contribution in [-0.4, -0.2) is 18.4 Å². The third kappa shape index (κ3) is 3.60. The average molecular weight is 307 g/mol. The predicted octanol–water partition coefficient (Wildman–Crippen LogP) is 1.19. The van der Waals surface area contributed by atoms with Gasteiger partial charge in [0.25, 0.3) is 0 Å². The zero-order valence-electron chi connectivity index (χ0n) is 10.5. The summed E-state index contributed by atoms with van der Waals surface area (Å²) in [4.78, 5) is 4.20. The molecular weight excluding hydrogens is 294 g/mol. The molecular formula is C13H13N3O2S2. The van der Waals surface area contributed by atoms with Crippen molar-refractivity contribution in [1.82, 2.24) is 9.71 Å². The molecule has 0 fully saturated rings. The Bertz CT molecular complexity index is 715. The first-order valence-corrected chi connectivity index (χ1v) is 7.66. The van der Waals surface area contributed by atoms with E-state index in [1.165, 1.54) is 18.5 Å². The molecule has 0 spiro atoms. The number of benzene rings is 1. The Hall–Kier alpha value is -1.83. The zero-order valence-corrected chi connectivity index (χ0v) is 12.1. The fourth-order valence-corrected chi connectivity index (χ4v) is 2.71. The Kier molecular flexibility index (Phi) is 4.43. The summed E-state index contributed by atoms with van der Waals surface area (Å²) in [6, 6.07) is 10.2. The summed E-state index contributed by atoms with van der Waals surface area (Å²) in [5.74, 6) is 0. The quantitative estimate of drug-likeness (QED) is 0.811. The minimum Gasteiger partial charge on any atom is -0.389 e. The molecule has 1 aromatic heterocycles. The molecule has 0 aliphatic heterocycles. The number of nitrogens with zero attached hydrogens (tertiary/aromatic N) is 1. The van der Waals surface area contributed by atoms with Gasteiger partial charge in [-0.05, 0) is 23.8 Å². The van der Waals surface area contributed by atoms with Crippen molar-refractivity contribution >= 4 is 27.2 Å². The molecule has 2 rings (SSSR count). The second-order valence-electron chi connectivity index (χ2n) is 4.08. The van der Waals surface area contributed by atoms with Gasteiger partial charge in [0.2, 0.25) is 10.0 Å². The van der Waals surface area contributed by atoms with Crippen LogP contribution >= 0.6 is 12.2 Å². The lowest BCUT2D eigenvalue weighted by atomic mass is 10.1. The van der Waals surface area contributed by atoms with Crippen LogP contribution in [0.1, 0.15) is 11.1 Å². The number of nitrogens with one attached hydrogen (secondary N) is 1. The van der Waals surface area contributed by atoms with Crippen LogP contribution in [0.4, 0.5) is 0 Å². The minimum absolute atomic E-state index is 0.130. The van der Waals surface area contributed by atoms with Gasteiger partial charge in [-0.1, -0.05) is 30.4 Å². The molecule has 0 radical (unpaired) electrons. The Labute approximate surface area is 122 Å². The molecule has 1 heterocycles. The summed E-state index contributed by atoms with van der Waals surface area (Å²) in [6.07, 6.45) is 2.82. The molecule has 3 N–H and O–H groups in total. The van der Waals surface area contributed by atoms with Gasteiger partial charge in [0.15, 0.2) is 0 Å². The van der Waals surface area contributed by atoms with Gasteiger partial charge in [0.05, 0.1) is 0 Å². The third-order valence-electron chi connectivity index (χ3n) is 2.62. The summed E-state index contributed by atoms with van der Waals surface area (Å²) in [7, 11) is -3.57. The highest BCUT2D eigenvalue weighted by Gasteiger charge is 2.13. The highest BCUT2D eigenvalue weighted by molar-refractivity contribution is 7.89. The van der Waals surface area contributed by atoms with Gasteiger partial charge >= 0.3 is 0 Å². The molecule has 0 atom stereocenters. The molecule has 0 bridgehead atoms. The fourth-order valence-electron chi connectivity index (χ4n) is 1.60. The molecule has 5 nitrogen and oxygen atoms in total. The second-order valence-corrected chi connectivity index (χ2v) is 6.28. The van der Waals surface area contributed by atoms with E-state index in [-0.39, 0.29) is 16.4 Å². The molecule has 0 aliphatic carbocycles. The van der Waals surface area contributed by atoms with E-state index in [4.69, 9.17) is 18.0 Å². The maximum atomic E-state index is 12.0. The zero-order chi connectivity index (χ0) is 14.6. The molecule has 2 aromatic rings. The van der Waals surface area contributed by atoms with Gasteiger partial charge in [0, 0.05) is 24.5 Å². The van der Waals surface area contributed by atoms with Gasteiger partial charge in [-0.15, -0.1) is 0 Å². The maximum Gasteiger partial charge on any atom is 0.242 e. The molecule has 0 saturated heterocycles. The Morgan fingerprint density at radius 2 is 2.10 bits per heavy atom. The lowest BCUT2D eigenvalue weighted by Crippen LogP contribution is -2.23. The van der Waals surface area contributed by atoms with Crippen molar-refractivity contribution in [2.24, 2.45) is 5.73 Å². The number of pyridine rings is 1. The SMILES string of the molecule is NC(=S)c1cccc(CNS(=O)(=O)c2cccnc2)c1. The summed E-state index contributed by atoms with van der Waals surface area (Å²) in [6.45, 7) is 0.160. The molecule has 104 valence electrons. The first kappa shape index (κ1) is 14.6. The van der Waals surface area contributed by atoms with Crippen LogP contribution in [0.2, 0.25) is 0 Å². The molecule has 0 unspecified atom stereocenters. The van der Waals surface area contributed by atoms with Crippen molar-refractivity contribution < 1.29 is 8.42 Å². The smallest absolute Gasteiger partial charge is 0.242 e. The van der Waals surface area contributed by atoms with Gasteiger partial charge in [-0.2, -0.15) is 0 Å². The van der Waals surface area contributed by atoms with E-state index >= 15 is 0 Å². The van der Waals surface area contributed by atoms with E-state index < -0.39 is 10.0 Å². The largest absolute Gasteiger partial charge is 0.389 e. The van der Waals surface area contributed by atoms with E-state index in [2.05, 4.69) is 9.71 Å². The number of nitrogens with two attached hydrogens (primary N) is 1. The van der Waals surface area contributed by atoms with Gasteiger partial charge in [-0.3, -0.25) is 4.98 Å². The first-order valence-electron chi connectivity index (χ1n) is 5.77. The summed E-state index contributed by atoms with van der Waals surface area (Å²) < 4.78 is 26.6. The lowest BCUT2D eigenvalue weighted by Gasteiger charge is -2.07. The fraction of sp³-hybridized carbons (Fsp3) is 0.0769. The Balaban J connectivity index is 2.13. The molecule has 20 heavy (non-hydrogen) atoms. The van der Waals surface area contributed by atoms with Crippen molar-refractivity contribution in [2.45, 2.75) is 11.4 Å². The molecule has 0 saturated carbocycles. The van der Waals surface area contributed by atoms with Crippen LogP contribution in [0.15, 0.2) is 53.7 Å². The van der Waals surface area contributed by atoms with E-state index in [9.17, 15) is 8.42 Å². The van der Waals surface area contributed by atoms with Crippen molar-refractivity contribution in [3.8, 4) is 0 Å². The van der Waals surface area contributed by atoms with Crippen molar-refractivity contribution in [3.63, 3.8) is 0 Å².